The molecule has 124 valence electrons. The highest BCUT2D eigenvalue weighted by atomic mass is 32.2. The van der Waals surface area contributed by atoms with Gasteiger partial charge in [-0.15, -0.1) is 0 Å². The molecule has 3 rings (SSSR count). The lowest BCUT2D eigenvalue weighted by Gasteiger charge is -2.12. The number of hydrogen-bond acceptors (Lipinski definition) is 3. The van der Waals surface area contributed by atoms with Crippen LogP contribution in [-0.2, 0) is 10.0 Å². The predicted octanol–water partition coefficient (Wildman–Crippen LogP) is 4.43. The molecule has 5 heteroatoms. The van der Waals surface area contributed by atoms with E-state index in [0.29, 0.717) is 11.4 Å². The molecule has 0 heterocycles. The van der Waals surface area contributed by atoms with Crippen molar-refractivity contribution in [2.75, 3.05) is 4.72 Å². The largest absolute Gasteiger partial charge is 0.491 e. The normalized spacial score (nSPS) is 11.6. The van der Waals surface area contributed by atoms with Crippen molar-refractivity contribution < 1.29 is 13.2 Å². The molecule has 3 aromatic rings. The maximum absolute atomic E-state index is 12.6. The van der Waals surface area contributed by atoms with Gasteiger partial charge in [-0.05, 0) is 49.6 Å². The third-order valence-electron chi connectivity index (χ3n) is 3.54. The van der Waals surface area contributed by atoms with Crippen LogP contribution in [0.5, 0.6) is 5.75 Å². The summed E-state index contributed by atoms with van der Waals surface area (Å²) in [4.78, 5) is 0.201. The molecule has 0 bridgehead atoms. The molecule has 0 aliphatic carbocycles. The molecule has 0 radical (unpaired) electrons. The molecular formula is C19H19NO3S. The van der Waals surface area contributed by atoms with Gasteiger partial charge in [0.15, 0.2) is 0 Å². The van der Waals surface area contributed by atoms with E-state index in [-0.39, 0.29) is 11.0 Å². The number of fused-ring (bicyclic) bond motifs is 1. The average molecular weight is 341 g/mol. The summed E-state index contributed by atoms with van der Waals surface area (Å²) >= 11 is 0. The number of sulfonamides is 1. The molecule has 0 aromatic heterocycles. The van der Waals surface area contributed by atoms with Crippen molar-refractivity contribution in [2.24, 2.45) is 0 Å². The second-order valence-electron chi connectivity index (χ2n) is 5.77. The number of rotatable bonds is 5. The minimum Gasteiger partial charge on any atom is -0.491 e. The van der Waals surface area contributed by atoms with Crippen molar-refractivity contribution in [3.8, 4) is 5.75 Å². The summed E-state index contributed by atoms with van der Waals surface area (Å²) in [6.45, 7) is 3.85. The van der Waals surface area contributed by atoms with Crippen molar-refractivity contribution >= 4 is 26.5 Å². The van der Waals surface area contributed by atoms with E-state index in [1.54, 1.807) is 30.3 Å². The highest BCUT2D eigenvalue weighted by molar-refractivity contribution is 7.92. The van der Waals surface area contributed by atoms with Crippen LogP contribution in [0.4, 0.5) is 5.69 Å². The van der Waals surface area contributed by atoms with Crippen LogP contribution in [0.15, 0.2) is 71.6 Å². The Bertz CT molecular complexity index is 943. The van der Waals surface area contributed by atoms with Gasteiger partial charge in [0.25, 0.3) is 10.0 Å². The van der Waals surface area contributed by atoms with Gasteiger partial charge in [0.2, 0.25) is 0 Å². The van der Waals surface area contributed by atoms with Crippen molar-refractivity contribution in [2.45, 2.75) is 24.8 Å². The van der Waals surface area contributed by atoms with Gasteiger partial charge in [-0.3, -0.25) is 4.72 Å². The second kappa shape index (κ2) is 6.53. The molecule has 0 atom stereocenters. The van der Waals surface area contributed by atoms with E-state index in [2.05, 4.69) is 4.72 Å². The Balaban J connectivity index is 1.90. The fourth-order valence-corrected chi connectivity index (χ4v) is 3.57. The second-order valence-corrected chi connectivity index (χ2v) is 7.45. The van der Waals surface area contributed by atoms with Crippen molar-refractivity contribution in [3.05, 3.63) is 66.7 Å². The van der Waals surface area contributed by atoms with Gasteiger partial charge in [-0.2, -0.15) is 0 Å². The Kier molecular flexibility index (Phi) is 4.44. The molecule has 1 N–H and O–H groups in total. The first-order chi connectivity index (χ1) is 11.5. The smallest absolute Gasteiger partial charge is 0.261 e. The Morgan fingerprint density at radius 3 is 2.25 bits per heavy atom. The molecular weight excluding hydrogens is 322 g/mol. The van der Waals surface area contributed by atoms with Crippen LogP contribution in [-0.4, -0.2) is 14.5 Å². The summed E-state index contributed by atoms with van der Waals surface area (Å²) in [6, 6.07) is 19.6. The minimum absolute atomic E-state index is 0.0428. The molecule has 3 aromatic carbocycles. The maximum Gasteiger partial charge on any atom is 0.261 e. The van der Waals surface area contributed by atoms with Crippen molar-refractivity contribution in [3.63, 3.8) is 0 Å². The van der Waals surface area contributed by atoms with E-state index in [0.717, 1.165) is 10.8 Å². The standard InChI is InChI=1S/C19H19NO3S/c1-14(2)23-16-10-12-17(13-11-16)24(21,22)20-19-9-5-7-15-6-3-4-8-18(15)19/h3-14,20H,1-2H3. The third-order valence-corrected chi connectivity index (χ3v) is 4.92. The molecule has 0 amide bonds. The molecule has 0 saturated heterocycles. The van der Waals surface area contributed by atoms with Gasteiger partial charge in [-0.1, -0.05) is 36.4 Å². The monoisotopic (exact) mass is 341 g/mol. The zero-order valence-electron chi connectivity index (χ0n) is 13.6. The Hall–Kier alpha value is -2.53. The lowest BCUT2D eigenvalue weighted by Crippen LogP contribution is -2.13. The van der Waals surface area contributed by atoms with Crippen molar-refractivity contribution in [1.82, 2.24) is 0 Å². The van der Waals surface area contributed by atoms with Crippen LogP contribution in [0.1, 0.15) is 13.8 Å². The summed E-state index contributed by atoms with van der Waals surface area (Å²) < 4.78 is 33.5. The predicted molar refractivity (Wildman–Crippen MR) is 97.0 cm³/mol. The Labute approximate surface area is 142 Å². The van der Waals surface area contributed by atoms with Gasteiger partial charge >= 0.3 is 0 Å². The maximum atomic E-state index is 12.6. The van der Waals surface area contributed by atoms with Crippen LogP contribution in [0.2, 0.25) is 0 Å². The molecule has 0 fully saturated rings. The number of benzene rings is 3. The molecule has 4 nitrogen and oxygen atoms in total. The minimum atomic E-state index is -3.66. The summed E-state index contributed by atoms with van der Waals surface area (Å²) in [7, 11) is -3.66. The summed E-state index contributed by atoms with van der Waals surface area (Å²) in [5.74, 6) is 0.647. The van der Waals surface area contributed by atoms with Crippen LogP contribution in [0, 0.1) is 0 Å². The van der Waals surface area contributed by atoms with E-state index >= 15 is 0 Å². The van der Waals surface area contributed by atoms with E-state index < -0.39 is 10.0 Å². The molecule has 0 aliphatic heterocycles. The molecule has 0 unspecified atom stereocenters. The van der Waals surface area contributed by atoms with E-state index in [9.17, 15) is 8.42 Å². The Morgan fingerprint density at radius 2 is 1.54 bits per heavy atom. The lowest BCUT2D eigenvalue weighted by molar-refractivity contribution is 0.242. The highest BCUT2D eigenvalue weighted by Gasteiger charge is 2.15. The molecule has 0 aliphatic rings. The van der Waals surface area contributed by atoms with Gasteiger partial charge in [0.05, 0.1) is 16.7 Å². The molecule has 0 saturated carbocycles. The van der Waals surface area contributed by atoms with Gasteiger partial charge in [0.1, 0.15) is 5.75 Å². The van der Waals surface area contributed by atoms with Crippen molar-refractivity contribution in [1.29, 1.82) is 0 Å². The number of anilines is 1. The zero-order valence-corrected chi connectivity index (χ0v) is 14.4. The van der Waals surface area contributed by atoms with Crippen LogP contribution in [0.25, 0.3) is 10.8 Å². The van der Waals surface area contributed by atoms with Gasteiger partial charge in [-0.25, -0.2) is 8.42 Å². The summed E-state index contributed by atoms with van der Waals surface area (Å²) in [6.07, 6.45) is 0.0428. The fourth-order valence-electron chi connectivity index (χ4n) is 2.49. The SMILES string of the molecule is CC(C)Oc1ccc(S(=O)(=O)Nc2cccc3ccccc23)cc1. The van der Waals surface area contributed by atoms with E-state index in [4.69, 9.17) is 4.74 Å². The number of nitrogens with one attached hydrogen (secondary N) is 1. The average Bonchev–Trinajstić information content (AvgIpc) is 2.55. The zero-order chi connectivity index (χ0) is 17.2. The fraction of sp³-hybridized carbons (Fsp3) is 0.158. The van der Waals surface area contributed by atoms with Crippen LogP contribution >= 0.6 is 0 Å². The first-order valence-electron chi connectivity index (χ1n) is 7.73. The highest BCUT2D eigenvalue weighted by Crippen LogP contribution is 2.26. The first kappa shape index (κ1) is 16.3. The number of hydrogen-bond donors (Lipinski definition) is 1. The Morgan fingerprint density at radius 1 is 0.875 bits per heavy atom. The third kappa shape index (κ3) is 3.51. The molecule has 0 spiro atoms. The van der Waals surface area contributed by atoms with Crippen LogP contribution in [0.3, 0.4) is 0 Å². The lowest BCUT2D eigenvalue weighted by atomic mass is 10.1. The van der Waals surface area contributed by atoms with Gasteiger partial charge in [0, 0.05) is 5.39 Å². The molecule has 24 heavy (non-hydrogen) atoms. The first-order valence-corrected chi connectivity index (χ1v) is 9.21. The summed E-state index contributed by atoms with van der Waals surface area (Å²) in [5.41, 5.74) is 0.565. The van der Waals surface area contributed by atoms with Gasteiger partial charge < -0.3 is 4.74 Å². The summed E-state index contributed by atoms with van der Waals surface area (Å²) in [5, 5.41) is 1.85. The quantitative estimate of drug-likeness (QED) is 0.747. The number of ether oxygens (including phenoxy) is 1. The topological polar surface area (TPSA) is 55.4 Å². The van der Waals surface area contributed by atoms with E-state index in [1.165, 1.54) is 0 Å². The van der Waals surface area contributed by atoms with Crippen LogP contribution < -0.4 is 9.46 Å². The van der Waals surface area contributed by atoms with E-state index in [1.807, 2.05) is 50.2 Å².